The number of piperidine rings is 1. The van der Waals surface area contributed by atoms with Gasteiger partial charge in [-0.1, -0.05) is 24.3 Å². The van der Waals surface area contributed by atoms with Gasteiger partial charge in [0, 0.05) is 18.2 Å². The molecule has 0 unspecified atom stereocenters. The van der Waals surface area contributed by atoms with Crippen LogP contribution in [-0.4, -0.2) is 28.4 Å². The molecule has 1 saturated heterocycles. The molecule has 0 bridgehead atoms. The standard InChI is InChI=1S/C21H22N2O2/c1-15-7-4-5-12-23(15)20(24)14-16-8-6-9-17(13-16)21-22-18-10-2-3-11-19(18)25-21/h2-3,6,8-11,13,15H,4-5,7,12,14H2,1H3/t15-/m0/s1. The molecular formula is C21H22N2O2. The first-order valence-electron chi connectivity index (χ1n) is 8.95. The maximum Gasteiger partial charge on any atom is 0.227 e. The van der Waals surface area contributed by atoms with Gasteiger partial charge in [-0.2, -0.15) is 0 Å². The van der Waals surface area contributed by atoms with Crippen molar-refractivity contribution >= 4 is 17.0 Å². The summed E-state index contributed by atoms with van der Waals surface area (Å²) >= 11 is 0. The molecular weight excluding hydrogens is 312 g/mol. The van der Waals surface area contributed by atoms with Crippen LogP contribution in [0.25, 0.3) is 22.6 Å². The molecule has 1 aromatic heterocycles. The maximum absolute atomic E-state index is 12.7. The molecule has 1 atom stereocenters. The summed E-state index contributed by atoms with van der Waals surface area (Å²) in [6, 6.07) is 16.0. The quantitative estimate of drug-likeness (QED) is 0.711. The largest absolute Gasteiger partial charge is 0.436 e. The number of amides is 1. The van der Waals surface area contributed by atoms with E-state index in [0.29, 0.717) is 18.4 Å². The molecule has 128 valence electrons. The second-order valence-corrected chi connectivity index (χ2v) is 6.80. The van der Waals surface area contributed by atoms with Crippen LogP contribution in [0.3, 0.4) is 0 Å². The van der Waals surface area contributed by atoms with Crippen LogP contribution in [0.2, 0.25) is 0 Å². The lowest BCUT2D eigenvalue weighted by atomic mass is 10.0. The molecule has 0 saturated carbocycles. The van der Waals surface area contributed by atoms with Gasteiger partial charge in [-0.05, 0) is 56.0 Å². The lowest BCUT2D eigenvalue weighted by molar-refractivity contribution is -0.133. The Morgan fingerprint density at radius 2 is 2.08 bits per heavy atom. The Balaban J connectivity index is 1.56. The van der Waals surface area contributed by atoms with E-state index < -0.39 is 0 Å². The monoisotopic (exact) mass is 334 g/mol. The molecule has 1 fully saturated rings. The van der Waals surface area contributed by atoms with Crippen molar-refractivity contribution in [2.45, 2.75) is 38.6 Å². The van der Waals surface area contributed by atoms with Crippen molar-refractivity contribution in [1.29, 1.82) is 0 Å². The van der Waals surface area contributed by atoms with Gasteiger partial charge in [0.25, 0.3) is 0 Å². The minimum atomic E-state index is 0.210. The summed E-state index contributed by atoms with van der Waals surface area (Å²) in [5.41, 5.74) is 3.54. The van der Waals surface area contributed by atoms with Crippen molar-refractivity contribution in [3.05, 3.63) is 54.1 Å². The zero-order chi connectivity index (χ0) is 17.2. The molecule has 0 N–H and O–H groups in total. The van der Waals surface area contributed by atoms with E-state index in [0.717, 1.165) is 41.6 Å². The van der Waals surface area contributed by atoms with Gasteiger partial charge in [0.1, 0.15) is 5.52 Å². The zero-order valence-corrected chi connectivity index (χ0v) is 14.4. The molecule has 0 aliphatic carbocycles. The maximum atomic E-state index is 12.7. The van der Waals surface area contributed by atoms with E-state index in [4.69, 9.17) is 4.42 Å². The van der Waals surface area contributed by atoms with Gasteiger partial charge in [-0.15, -0.1) is 0 Å². The summed E-state index contributed by atoms with van der Waals surface area (Å²) in [6.07, 6.45) is 3.87. The fourth-order valence-electron chi connectivity index (χ4n) is 3.55. The summed E-state index contributed by atoms with van der Waals surface area (Å²) in [4.78, 5) is 19.2. The van der Waals surface area contributed by atoms with Crippen molar-refractivity contribution in [3.8, 4) is 11.5 Å². The van der Waals surface area contributed by atoms with Crippen LogP contribution in [0.15, 0.2) is 52.9 Å². The summed E-state index contributed by atoms with van der Waals surface area (Å²) in [5.74, 6) is 0.809. The number of fused-ring (bicyclic) bond motifs is 1. The molecule has 0 radical (unpaired) electrons. The van der Waals surface area contributed by atoms with E-state index in [9.17, 15) is 4.79 Å². The van der Waals surface area contributed by atoms with Crippen LogP contribution in [0.1, 0.15) is 31.7 Å². The number of hydrogen-bond acceptors (Lipinski definition) is 3. The minimum absolute atomic E-state index is 0.210. The minimum Gasteiger partial charge on any atom is -0.436 e. The summed E-state index contributed by atoms with van der Waals surface area (Å²) in [7, 11) is 0. The van der Waals surface area contributed by atoms with Gasteiger partial charge < -0.3 is 9.32 Å². The molecule has 1 aliphatic rings. The van der Waals surface area contributed by atoms with Crippen LogP contribution in [-0.2, 0) is 11.2 Å². The van der Waals surface area contributed by atoms with E-state index in [2.05, 4.69) is 11.9 Å². The number of carbonyl (C=O) groups is 1. The Hall–Kier alpha value is -2.62. The Labute approximate surface area is 147 Å². The first-order valence-corrected chi connectivity index (χ1v) is 8.95. The Bertz CT molecular complexity index is 867. The van der Waals surface area contributed by atoms with E-state index >= 15 is 0 Å². The highest BCUT2D eigenvalue weighted by Gasteiger charge is 2.23. The van der Waals surface area contributed by atoms with Gasteiger partial charge in [-0.25, -0.2) is 4.98 Å². The van der Waals surface area contributed by atoms with Crippen LogP contribution in [0, 0.1) is 0 Å². The van der Waals surface area contributed by atoms with Crippen molar-refractivity contribution < 1.29 is 9.21 Å². The normalized spacial score (nSPS) is 17.8. The van der Waals surface area contributed by atoms with Gasteiger partial charge in [0.15, 0.2) is 5.58 Å². The van der Waals surface area contributed by atoms with Gasteiger partial charge in [0.2, 0.25) is 11.8 Å². The lowest BCUT2D eigenvalue weighted by Gasteiger charge is -2.33. The molecule has 4 heteroatoms. The lowest BCUT2D eigenvalue weighted by Crippen LogP contribution is -2.42. The second kappa shape index (κ2) is 6.71. The van der Waals surface area contributed by atoms with Crippen molar-refractivity contribution in [2.75, 3.05) is 6.54 Å². The third-order valence-electron chi connectivity index (χ3n) is 4.95. The SMILES string of the molecule is C[C@H]1CCCCN1C(=O)Cc1cccc(-c2nc3ccccc3o2)c1. The van der Waals surface area contributed by atoms with Crippen molar-refractivity contribution in [3.63, 3.8) is 0 Å². The summed E-state index contributed by atoms with van der Waals surface area (Å²) in [5, 5.41) is 0. The van der Waals surface area contributed by atoms with Crippen LogP contribution in [0.5, 0.6) is 0 Å². The van der Waals surface area contributed by atoms with Gasteiger partial charge in [0.05, 0.1) is 6.42 Å². The first-order chi connectivity index (χ1) is 12.2. The van der Waals surface area contributed by atoms with Gasteiger partial charge in [-0.3, -0.25) is 4.79 Å². The summed E-state index contributed by atoms with van der Waals surface area (Å²) in [6.45, 7) is 3.02. The highest BCUT2D eigenvalue weighted by molar-refractivity contribution is 5.80. The van der Waals surface area contributed by atoms with E-state index in [1.54, 1.807) is 0 Å². The van der Waals surface area contributed by atoms with Crippen LogP contribution in [0.4, 0.5) is 0 Å². The Morgan fingerprint density at radius 3 is 2.92 bits per heavy atom. The number of benzene rings is 2. The van der Waals surface area contributed by atoms with Gasteiger partial charge >= 0.3 is 0 Å². The molecule has 3 aromatic rings. The molecule has 4 rings (SSSR count). The number of hydrogen-bond donors (Lipinski definition) is 0. The number of carbonyl (C=O) groups excluding carboxylic acids is 1. The smallest absolute Gasteiger partial charge is 0.227 e. The highest BCUT2D eigenvalue weighted by atomic mass is 16.3. The number of oxazole rings is 1. The third-order valence-corrected chi connectivity index (χ3v) is 4.95. The molecule has 25 heavy (non-hydrogen) atoms. The Kier molecular flexibility index (Phi) is 4.26. The molecule has 0 spiro atoms. The topological polar surface area (TPSA) is 46.3 Å². The third kappa shape index (κ3) is 3.29. The zero-order valence-electron chi connectivity index (χ0n) is 14.4. The van der Waals surface area contributed by atoms with Crippen LogP contribution >= 0.6 is 0 Å². The Morgan fingerprint density at radius 1 is 1.20 bits per heavy atom. The number of aromatic nitrogens is 1. The predicted octanol–water partition coefficient (Wildman–Crippen LogP) is 4.44. The van der Waals surface area contributed by atoms with E-state index in [-0.39, 0.29) is 5.91 Å². The highest BCUT2D eigenvalue weighted by Crippen LogP contribution is 2.25. The fourth-order valence-corrected chi connectivity index (χ4v) is 3.55. The predicted molar refractivity (Wildman–Crippen MR) is 98.2 cm³/mol. The molecule has 2 aromatic carbocycles. The molecule has 2 heterocycles. The molecule has 4 nitrogen and oxygen atoms in total. The number of para-hydroxylation sites is 2. The number of likely N-dealkylation sites (tertiary alicyclic amines) is 1. The second-order valence-electron chi connectivity index (χ2n) is 6.80. The van der Waals surface area contributed by atoms with Crippen LogP contribution < -0.4 is 0 Å². The van der Waals surface area contributed by atoms with Crippen molar-refractivity contribution in [2.24, 2.45) is 0 Å². The number of rotatable bonds is 3. The number of nitrogens with zero attached hydrogens (tertiary/aromatic N) is 2. The van der Waals surface area contributed by atoms with E-state index in [1.807, 2.05) is 53.4 Å². The van der Waals surface area contributed by atoms with Crippen molar-refractivity contribution in [1.82, 2.24) is 9.88 Å². The fraction of sp³-hybridized carbons (Fsp3) is 0.333. The molecule has 1 aliphatic heterocycles. The summed E-state index contributed by atoms with van der Waals surface area (Å²) < 4.78 is 5.84. The molecule has 1 amide bonds. The van der Waals surface area contributed by atoms with E-state index in [1.165, 1.54) is 6.42 Å². The average molecular weight is 334 g/mol. The average Bonchev–Trinajstić information content (AvgIpc) is 3.06. The first kappa shape index (κ1) is 15.9.